The van der Waals surface area contributed by atoms with E-state index in [1.165, 1.54) is 0 Å². The summed E-state index contributed by atoms with van der Waals surface area (Å²) in [5.41, 5.74) is 0. The molecule has 1 saturated carbocycles. The average molecular weight is 223 g/mol. The zero-order valence-corrected chi connectivity index (χ0v) is 9.40. The van der Waals surface area contributed by atoms with Gasteiger partial charge in [0.25, 0.3) is 0 Å². The van der Waals surface area contributed by atoms with E-state index in [4.69, 9.17) is 11.5 Å². The average Bonchev–Trinajstić information content (AvgIpc) is 2.28. The van der Waals surface area contributed by atoms with Gasteiger partial charge in [-0.15, -0.1) is 6.42 Å². The molecule has 0 heterocycles. The molecule has 1 aliphatic carbocycles. The van der Waals surface area contributed by atoms with Crippen LogP contribution in [0.15, 0.2) is 0 Å². The largest absolute Gasteiger partial charge is 0.481 e. The fraction of sp³-hybridized carbons (Fsp3) is 0.667. The van der Waals surface area contributed by atoms with Crippen molar-refractivity contribution in [1.82, 2.24) is 5.32 Å². The van der Waals surface area contributed by atoms with Gasteiger partial charge in [0, 0.05) is 0 Å². The summed E-state index contributed by atoms with van der Waals surface area (Å²) < 4.78 is 0. The van der Waals surface area contributed by atoms with Crippen LogP contribution in [0.2, 0.25) is 0 Å². The van der Waals surface area contributed by atoms with Crippen molar-refractivity contribution >= 4 is 11.9 Å². The summed E-state index contributed by atoms with van der Waals surface area (Å²) in [5.74, 6) is 0.308. The van der Waals surface area contributed by atoms with E-state index in [0.29, 0.717) is 12.8 Å². The summed E-state index contributed by atoms with van der Waals surface area (Å²) in [7, 11) is 0. The summed E-state index contributed by atoms with van der Waals surface area (Å²) in [6, 6.07) is -0.344. The first-order valence-electron chi connectivity index (χ1n) is 5.55. The second kappa shape index (κ2) is 5.55. The Morgan fingerprint density at radius 1 is 1.38 bits per heavy atom. The van der Waals surface area contributed by atoms with Gasteiger partial charge in [0.15, 0.2) is 0 Å². The van der Waals surface area contributed by atoms with Gasteiger partial charge in [-0.3, -0.25) is 9.59 Å². The zero-order chi connectivity index (χ0) is 12.1. The van der Waals surface area contributed by atoms with Crippen molar-refractivity contribution in [2.45, 2.75) is 38.6 Å². The first-order valence-corrected chi connectivity index (χ1v) is 5.55. The SMILES string of the molecule is C#CC(C)NC(=O)C1CCCCC1C(=O)O. The highest BCUT2D eigenvalue weighted by Gasteiger charge is 2.35. The normalized spacial score (nSPS) is 26.5. The van der Waals surface area contributed by atoms with Crippen molar-refractivity contribution in [3.05, 3.63) is 0 Å². The van der Waals surface area contributed by atoms with Crippen molar-refractivity contribution in [3.63, 3.8) is 0 Å². The molecule has 0 bridgehead atoms. The summed E-state index contributed by atoms with van der Waals surface area (Å²) >= 11 is 0. The van der Waals surface area contributed by atoms with E-state index >= 15 is 0 Å². The Morgan fingerprint density at radius 2 is 1.94 bits per heavy atom. The van der Waals surface area contributed by atoms with Gasteiger partial charge in [-0.2, -0.15) is 0 Å². The lowest BCUT2D eigenvalue weighted by atomic mass is 9.78. The molecular weight excluding hydrogens is 206 g/mol. The standard InChI is InChI=1S/C12H17NO3/c1-3-8(2)13-11(14)9-6-4-5-7-10(9)12(15)16/h1,8-10H,4-7H2,2H3,(H,13,14)(H,15,16). The molecule has 16 heavy (non-hydrogen) atoms. The van der Waals surface area contributed by atoms with Crippen molar-refractivity contribution < 1.29 is 14.7 Å². The second-order valence-electron chi connectivity index (χ2n) is 4.23. The van der Waals surface area contributed by atoms with Gasteiger partial charge in [0.1, 0.15) is 0 Å². The van der Waals surface area contributed by atoms with Crippen LogP contribution in [0.1, 0.15) is 32.6 Å². The molecule has 4 nitrogen and oxygen atoms in total. The van der Waals surface area contributed by atoms with Gasteiger partial charge < -0.3 is 10.4 Å². The minimum absolute atomic E-state index is 0.224. The third kappa shape index (κ3) is 2.99. The van der Waals surface area contributed by atoms with Crippen molar-refractivity contribution in [2.24, 2.45) is 11.8 Å². The van der Waals surface area contributed by atoms with Crippen LogP contribution < -0.4 is 5.32 Å². The molecule has 0 aromatic rings. The Bertz CT molecular complexity index is 319. The molecule has 88 valence electrons. The fourth-order valence-electron chi connectivity index (χ4n) is 2.10. The van der Waals surface area contributed by atoms with E-state index < -0.39 is 17.8 Å². The molecule has 2 N–H and O–H groups in total. The summed E-state index contributed by atoms with van der Waals surface area (Å²) in [5, 5.41) is 11.7. The molecule has 1 fully saturated rings. The maximum absolute atomic E-state index is 11.8. The quantitative estimate of drug-likeness (QED) is 0.702. The molecule has 0 radical (unpaired) electrons. The van der Waals surface area contributed by atoms with Gasteiger partial charge in [0.2, 0.25) is 5.91 Å². The molecule has 0 aromatic heterocycles. The van der Waals surface area contributed by atoms with E-state index in [-0.39, 0.29) is 11.9 Å². The van der Waals surface area contributed by atoms with Crippen LogP contribution in [0.25, 0.3) is 0 Å². The predicted molar refractivity (Wildman–Crippen MR) is 59.5 cm³/mol. The molecule has 1 rings (SSSR count). The molecule has 1 amide bonds. The third-order valence-corrected chi connectivity index (χ3v) is 3.03. The van der Waals surface area contributed by atoms with Crippen LogP contribution in [0.5, 0.6) is 0 Å². The molecule has 1 aliphatic rings. The lowest BCUT2D eigenvalue weighted by Crippen LogP contribution is -2.42. The molecule has 0 aromatic carbocycles. The zero-order valence-electron chi connectivity index (χ0n) is 9.40. The van der Waals surface area contributed by atoms with E-state index in [0.717, 1.165) is 12.8 Å². The first-order chi connectivity index (χ1) is 7.56. The number of carboxylic acid groups (broad SMARTS) is 1. The van der Waals surface area contributed by atoms with Crippen molar-refractivity contribution in [3.8, 4) is 12.3 Å². The lowest BCUT2D eigenvalue weighted by molar-refractivity contribution is -0.149. The van der Waals surface area contributed by atoms with Crippen LogP contribution in [-0.2, 0) is 9.59 Å². The number of terminal acetylenes is 1. The van der Waals surface area contributed by atoms with E-state index in [2.05, 4.69) is 11.2 Å². The number of amides is 1. The Balaban J connectivity index is 2.65. The number of hydrogen-bond donors (Lipinski definition) is 2. The van der Waals surface area contributed by atoms with Gasteiger partial charge in [-0.1, -0.05) is 18.8 Å². The van der Waals surface area contributed by atoms with Crippen molar-refractivity contribution in [2.75, 3.05) is 0 Å². The summed E-state index contributed by atoms with van der Waals surface area (Å²) in [4.78, 5) is 22.8. The minimum Gasteiger partial charge on any atom is -0.481 e. The number of hydrogen-bond acceptors (Lipinski definition) is 2. The monoisotopic (exact) mass is 223 g/mol. The number of carbonyl (C=O) groups excluding carboxylic acids is 1. The van der Waals surface area contributed by atoms with Gasteiger partial charge >= 0.3 is 5.97 Å². The van der Waals surface area contributed by atoms with Crippen LogP contribution in [0.3, 0.4) is 0 Å². The third-order valence-electron chi connectivity index (χ3n) is 3.03. The Labute approximate surface area is 95.4 Å². The Hall–Kier alpha value is -1.50. The first kappa shape index (κ1) is 12.6. The van der Waals surface area contributed by atoms with Crippen LogP contribution in [0, 0.1) is 24.2 Å². The van der Waals surface area contributed by atoms with Crippen LogP contribution in [0.4, 0.5) is 0 Å². The van der Waals surface area contributed by atoms with Gasteiger partial charge in [-0.05, 0) is 19.8 Å². The highest BCUT2D eigenvalue weighted by atomic mass is 16.4. The molecule has 0 saturated heterocycles. The predicted octanol–water partition coefficient (Wildman–Crippen LogP) is 1.02. The lowest BCUT2D eigenvalue weighted by Gasteiger charge is -2.27. The number of aliphatic carboxylic acids is 1. The maximum atomic E-state index is 11.8. The molecule has 3 atom stereocenters. The van der Waals surface area contributed by atoms with Gasteiger partial charge in [0.05, 0.1) is 17.9 Å². The molecular formula is C12H17NO3. The van der Waals surface area contributed by atoms with E-state index in [1.807, 2.05) is 0 Å². The summed E-state index contributed by atoms with van der Waals surface area (Å²) in [6.45, 7) is 1.70. The smallest absolute Gasteiger partial charge is 0.307 e. The minimum atomic E-state index is -0.881. The Morgan fingerprint density at radius 3 is 2.44 bits per heavy atom. The maximum Gasteiger partial charge on any atom is 0.307 e. The molecule has 4 heteroatoms. The van der Waals surface area contributed by atoms with Gasteiger partial charge in [-0.25, -0.2) is 0 Å². The number of rotatable bonds is 3. The number of carboxylic acids is 1. The number of nitrogens with one attached hydrogen (secondary N) is 1. The Kier molecular flexibility index (Phi) is 4.36. The highest BCUT2D eigenvalue weighted by molar-refractivity contribution is 5.85. The topological polar surface area (TPSA) is 66.4 Å². The number of carbonyl (C=O) groups is 2. The highest BCUT2D eigenvalue weighted by Crippen LogP contribution is 2.30. The molecule has 0 aliphatic heterocycles. The van der Waals surface area contributed by atoms with Crippen LogP contribution >= 0.6 is 0 Å². The fourth-order valence-corrected chi connectivity index (χ4v) is 2.10. The summed E-state index contributed by atoms with van der Waals surface area (Å²) in [6.07, 6.45) is 8.17. The molecule has 0 spiro atoms. The second-order valence-corrected chi connectivity index (χ2v) is 4.23. The van der Waals surface area contributed by atoms with Crippen molar-refractivity contribution in [1.29, 1.82) is 0 Å². The van der Waals surface area contributed by atoms with Crippen LogP contribution in [-0.4, -0.2) is 23.0 Å². The van der Waals surface area contributed by atoms with E-state index in [9.17, 15) is 9.59 Å². The van der Waals surface area contributed by atoms with E-state index in [1.54, 1.807) is 6.92 Å². The molecule has 3 unspecified atom stereocenters.